The highest BCUT2D eigenvalue weighted by atomic mass is 35.5. The molecule has 1 aromatic carbocycles. The molecule has 0 fully saturated rings. The van der Waals surface area contributed by atoms with E-state index in [1.807, 2.05) is 0 Å². The lowest BCUT2D eigenvalue weighted by Gasteiger charge is -2.04. The molecule has 18 heavy (non-hydrogen) atoms. The van der Waals surface area contributed by atoms with Crippen molar-refractivity contribution in [3.63, 3.8) is 0 Å². The first kappa shape index (κ1) is 13.8. The minimum absolute atomic E-state index is 0.218. The smallest absolute Gasteiger partial charge is 0.376 e. The van der Waals surface area contributed by atoms with Crippen LogP contribution in [0.15, 0.2) is 36.4 Å². The summed E-state index contributed by atoms with van der Waals surface area (Å²) < 4.78 is 0. The van der Waals surface area contributed by atoms with E-state index < -0.39 is 11.8 Å². The Labute approximate surface area is 108 Å². The number of aliphatic carboxylic acids is 1. The molecule has 0 radical (unpaired) electrons. The molecule has 0 aromatic heterocycles. The number of halogens is 1. The highest BCUT2D eigenvalue weighted by Gasteiger charge is 2.06. The van der Waals surface area contributed by atoms with Crippen molar-refractivity contribution in [3.05, 3.63) is 47.0 Å². The molecule has 0 heterocycles. The zero-order valence-electron chi connectivity index (χ0n) is 9.13. The molecule has 1 rings (SSSR count). The number of hydrogen-bond acceptors (Lipinski definition) is 4. The maximum Gasteiger partial charge on any atom is 0.376 e. The molecule has 0 aliphatic heterocycles. The third kappa shape index (κ3) is 3.64. The molecule has 5 nitrogen and oxygen atoms in total. The van der Waals surface area contributed by atoms with E-state index in [0.29, 0.717) is 16.3 Å². The lowest BCUT2D eigenvalue weighted by Crippen LogP contribution is -2.08. The van der Waals surface area contributed by atoms with E-state index in [4.69, 9.17) is 22.4 Å². The molecule has 0 saturated carbocycles. The van der Waals surface area contributed by atoms with Crippen LogP contribution >= 0.6 is 11.6 Å². The number of carbonyl (C=O) groups excluding carboxylic acids is 1. The number of carboxylic acids is 1. The van der Waals surface area contributed by atoms with Crippen molar-refractivity contribution in [2.45, 2.75) is 0 Å². The van der Waals surface area contributed by atoms with Gasteiger partial charge in [0, 0.05) is 16.3 Å². The zero-order chi connectivity index (χ0) is 13.7. The summed E-state index contributed by atoms with van der Waals surface area (Å²) in [6.45, 7) is 0. The SMILES string of the molecule is Nc1ccc(Cl)cc1/C(O)=C/C=C/C(=O)C(=O)O. The Balaban J connectivity index is 2.93. The molecule has 4 N–H and O–H groups in total. The van der Waals surface area contributed by atoms with Gasteiger partial charge in [-0.3, -0.25) is 4.79 Å². The summed E-state index contributed by atoms with van der Waals surface area (Å²) in [6, 6.07) is 4.54. The van der Waals surface area contributed by atoms with Gasteiger partial charge in [0.05, 0.1) is 0 Å². The van der Waals surface area contributed by atoms with Gasteiger partial charge >= 0.3 is 5.97 Å². The predicted octanol–water partition coefficient (Wildman–Crippen LogP) is 2.03. The van der Waals surface area contributed by atoms with E-state index in [0.717, 1.165) is 18.2 Å². The van der Waals surface area contributed by atoms with Crippen LogP contribution < -0.4 is 5.73 Å². The van der Waals surface area contributed by atoms with Gasteiger partial charge in [-0.2, -0.15) is 0 Å². The van der Waals surface area contributed by atoms with E-state index in [1.54, 1.807) is 6.07 Å². The zero-order valence-corrected chi connectivity index (χ0v) is 9.89. The van der Waals surface area contributed by atoms with Crippen LogP contribution in [0.4, 0.5) is 5.69 Å². The van der Waals surface area contributed by atoms with Crippen LogP contribution in [-0.2, 0) is 9.59 Å². The predicted molar refractivity (Wildman–Crippen MR) is 68.3 cm³/mol. The first-order valence-electron chi connectivity index (χ1n) is 4.82. The summed E-state index contributed by atoms with van der Waals surface area (Å²) in [5.74, 6) is -2.87. The van der Waals surface area contributed by atoms with Crippen molar-refractivity contribution in [2.75, 3.05) is 5.73 Å². The Morgan fingerprint density at radius 3 is 2.56 bits per heavy atom. The van der Waals surface area contributed by atoms with Gasteiger partial charge in [0.1, 0.15) is 5.76 Å². The standard InChI is InChI=1S/C12H10ClNO4/c13-7-4-5-9(14)8(6-7)10(15)2-1-3-11(16)12(17)18/h1-6,15H,14H2,(H,17,18)/b3-1+,10-2-. The summed E-state index contributed by atoms with van der Waals surface area (Å²) in [5.41, 5.74) is 6.24. The monoisotopic (exact) mass is 267 g/mol. The maximum atomic E-state index is 10.7. The van der Waals surface area contributed by atoms with Gasteiger partial charge in [-0.1, -0.05) is 17.7 Å². The number of nitrogen functional groups attached to an aromatic ring is 1. The number of nitrogens with two attached hydrogens (primary N) is 1. The van der Waals surface area contributed by atoms with Crippen LogP contribution in [-0.4, -0.2) is 22.0 Å². The maximum absolute atomic E-state index is 10.7. The van der Waals surface area contributed by atoms with Crippen LogP contribution in [0.2, 0.25) is 5.02 Å². The Kier molecular flexibility index (Phi) is 4.51. The molecular formula is C12H10ClNO4. The van der Waals surface area contributed by atoms with Gasteiger partial charge < -0.3 is 15.9 Å². The molecule has 94 valence electrons. The first-order valence-corrected chi connectivity index (χ1v) is 5.19. The van der Waals surface area contributed by atoms with Gasteiger partial charge in [-0.15, -0.1) is 0 Å². The molecule has 0 aliphatic carbocycles. The molecule has 0 saturated heterocycles. The van der Waals surface area contributed by atoms with Crippen LogP contribution in [0.5, 0.6) is 0 Å². The van der Waals surface area contributed by atoms with E-state index in [-0.39, 0.29) is 5.76 Å². The Bertz CT molecular complexity index is 549. The minimum Gasteiger partial charge on any atom is -0.507 e. The van der Waals surface area contributed by atoms with E-state index in [1.165, 1.54) is 12.1 Å². The van der Waals surface area contributed by atoms with Crippen molar-refractivity contribution in [1.82, 2.24) is 0 Å². The first-order chi connectivity index (χ1) is 8.41. The van der Waals surface area contributed by atoms with Crippen molar-refractivity contribution < 1.29 is 19.8 Å². The molecule has 0 amide bonds. The highest BCUT2D eigenvalue weighted by molar-refractivity contribution is 6.37. The number of aliphatic hydroxyl groups is 1. The van der Waals surface area contributed by atoms with Crippen LogP contribution in [0.25, 0.3) is 5.76 Å². The molecule has 0 bridgehead atoms. The molecular weight excluding hydrogens is 258 g/mol. The van der Waals surface area contributed by atoms with E-state index in [9.17, 15) is 14.7 Å². The molecule has 0 atom stereocenters. The fraction of sp³-hybridized carbons (Fsp3) is 0. The average molecular weight is 268 g/mol. The largest absolute Gasteiger partial charge is 0.507 e. The molecule has 0 aliphatic rings. The second-order valence-electron chi connectivity index (χ2n) is 3.31. The molecule has 0 spiro atoms. The molecule has 6 heteroatoms. The normalized spacial score (nSPS) is 11.7. The fourth-order valence-electron chi connectivity index (χ4n) is 1.14. The number of carboxylic acid groups (broad SMARTS) is 1. The lowest BCUT2D eigenvalue weighted by molar-refractivity contribution is -0.146. The topological polar surface area (TPSA) is 101 Å². The second kappa shape index (κ2) is 5.88. The number of rotatable bonds is 4. The van der Waals surface area contributed by atoms with Gasteiger partial charge in [0.25, 0.3) is 5.78 Å². The molecule has 1 aromatic rings. The quantitative estimate of drug-likeness (QED) is 0.255. The number of anilines is 1. The third-order valence-corrected chi connectivity index (χ3v) is 2.24. The third-order valence-electron chi connectivity index (χ3n) is 2.00. The van der Waals surface area contributed by atoms with Gasteiger partial charge in [0.2, 0.25) is 0 Å². The summed E-state index contributed by atoms with van der Waals surface area (Å²) in [7, 11) is 0. The number of benzene rings is 1. The number of allylic oxidation sites excluding steroid dienone is 2. The summed E-state index contributed by atoms with van der Waals surface area (Å²) in [6.07, 6.45) is 3.09. The fourth-order valence-corrected chi connectivity index (χ4v) is 1.31. The van der Waals surface area contributed by atoms with E-state index >= 15 is 0 Å². The molecule has 0 unspecified atom stereocenters. The van der Waals surface area contributed by atoms with Crippen molar-refractivity contribution in [1.29, 1.82) is 0 Å². The van der Waals surface area contributed by atoms with Gasteiger partial charge in [-0.05, 0) is 30.4 Å². The summed E-state index contributed by atoms with van der Waals surface area (Å²) in [5, 5.41) is 18.4. The number of carbonyl (C=O) groups is 2. The summed E-state index contributed by atoms with van der Waals surface area (Å²) in [4.78, 5) is 21.0. The van der Waals surface area contributed by atoms with Crippen LogP contribution in [0, 0.1) is 0 Å². The Morgan fingerprint density at radius 1 is 1.28 bits per heavy atom. The average Bonchev–Trinajstić information content (AvgIpc) is 2.31. The number of aliphatic hydroxyl groups excluding tert-OH is 1. The Hall–Kier alpha value is -2.27. The lowest BCUT2D eigenvalue weighted by atomic mass is 10.1. The minimum atomic E-state index is -1.57. The van der Waals surface area contributed by atoms with Crippen LogP contribution in [0.1, 0.15) is 5.56 Å². The number of ketones is 1. The van der Waals surface area contributed by atoms with E-state index in [2.05, 4.69) is 0 Å². The van der Waals surface area contributed by atoms with Gasteiger partial charge in [-0.25, -0.2) is 4.79 Å². The number of hydrogen-bond donors (Lipinski definition) is 3. The van der Waals surface area contributed by atoms with Gasteiger partial charge in [0.15, 0.2) is 0 Å². The summed E-state index contributed by atoms with van der Waals surface area (Å²) >= 11 is 5.74. The second-order valence-corrected chi connectivity index (χ2v) is 3.75. The van der Waals surface area contributed by atoms with Crippen molar-refractivity contribution >= 4 is 34.8 Å². The van der Waals surface area contributed by atoms with Crippen LogP contribution in [0.3, 0.4) is 0 Å². The highest BCUT2D eigenvalue weighted by Crippen LogP contribution is 2.23. The van der Waals surface area contributed by atoms with Crippen molar-refractivity contribution in [3.8, 4) is 0 Å². The Morgan fingerprint density at radius 2 is 1.94 bits per heavy atom. The van der Waals surface area contributed by atoms with Crippen molar-refractivity contribution in [2.24, 2.45) is 0 Å².